The van der Waals surface area contributed by atoms with Crippen LogP contribution < -0.4 is 15.4 Å². The number of anilines is 1. The molecular formula is C22H19ClF3N7O3S. The highest BCUT2D eigenvalue weighted by Gasteiger charge is 2.34. The van der Waals surface area contributed by atoms with Crippen molar-refractivity contribution < 1.29 is 27.1 Å². The van der Waals surface area contributed by atoms with Gasteiger partial charge in [0, 0.05) is 47.9 Å². The van der Waals surface area contributed by atoms with Gasteiger partial charge in [0.05, 0.1) is 11.4 Å². The van der Waals surface area contributed by atoms with Crippen LogP contribution in [0.1, 0.15) is 18.5 Å². The Labute approximate surface area is 217 Å². The van der Waals surface area contributed by atoms with Crippen molar-refractivity contribution in [3.05, 3.63) is 41.5 Å². The predicted molar refractivity (Wildman–Crippen MR) is 131 cm³/mol. The molecule has 15 heteroatoms. The van der Waals surface area contributed by atoms with Gasteiger partial charge in [0.15, 0.2) is 5.69 Å². The monoisotopic (exact) mass is 553 g/mol. The summed E-state index contributed by atoms with van der Waals surface area (Å²) in [7, 11) is 0. The first-order valence-corrected chi connectivity index (χ1v) is 12.2. The molecular weight excluding hydrogens is 535 g/mol. The van der Waals surface area contributed by atoms with Crippen molar-refractivity contribution in [2.24, 2.45) is 0 Å². The van der Waals surface area contributed by atoms with E-state index in [1.54, 1.807) is 19.9 Å². The number of carbonyl (C=O) groups excluding carboxylic acids is 1. The minimum atomic E-state index is -4.63. The molecule has 10 nitrogen and oxygen atoms in total. The number of ether oxygens (including phenoxy) is 1. The summed E-state index contributed by atoms with van der Waals surface area (Å²) >= 11 is 6.58. The number of aryl methyl sites for hydroxylation is 1. The maximum absolute atomic E-state index is 13.3. The Morgan fingerprint density at radius 3 is 2.62 bits per heavy atom. The van der Waals surface area contributed by atoms with Gasteiger partial charge in [-0.2, -0.15) is 13.2 Å². The molecule has 0 bridgehead atoms. The van der Waals surface area contributed by atoms with Crippen molar-refractivity contribution in [3.8, 4) is 39.0 Å². The number of alkyl halides is 4. The molecule has 4 aromatic heterocycles. The second-order valence-corrected chi connectivity index (χ2v) is 8.61. The Kier molecular flexibility index (Phi) is 7.88. The molecule has 2 N–H and O–H groups in total. The molecule has 4 aromatic rings. The molecule has 0 saturated carbocycles. The van der Waals surface area contributed by atoms with E-state index in [1.807, 2.05) is 0 Å². The molecule has 0 aliphatic heterocycles. The zero-order valence-corrected chi connectivity index (χ0v) is 21.0. The number of rotatable bonds is 8. The molecule has 0 aliphatic carbocycles. The highest BCUT2D eigenvalue weighted by atomic mass is 35.5. The minimum Gasteiger partial charge on any atom is -0.476 e. The summed E-state index contributed by atoms with van der Waals surface area (Å²) in [4.78, 5) is 24.4. The Morgan fingerprint density at radius 1 is 1.16 bits per heavy atom. The minimum absolute atomic E-state index is 0.0472. The highest BCUT2D eigenvalue weighted by molar-refractivity contribution is 7.13. The van der Waals surface area contributed by atoms with Gasteiger partial charge < -0.3 is 14.5 Å². The van der Waals surface area contributed by atoms with Crippen LogP contribution in [0.4, 0.5) is 23.8 Å². The van der Waals surface area contributed by atoms with Crippen LogP contribution in [-0.2, 0) is 6.18 Å². The first-order valence-electron chi connectivity index (χ1n) is 10.8. The van der Waals surface area contributed by atoms with E-state index in [1.165, 1.54) is 18.5 Å². The first kappa shape index (κ1) is 26.3. The summed E-state index contributed by atoms with van der Waals surface area (Å²) in [6.45, 7) is 3.86. The quantitative estimate of drug-likeness (QED) is 0.277. The van der Waals surface area contributed by atoms with Gasteiger partial charge in [-0.3, -0.25) is 5.32 Å². The molecule has 0 aliphatic rings. The fourth-order valence-electron chi connectivity index (χ4n) is 3.19. The summed E-state index contributed by atoms with van der Waals surface area (Å²) in [5.74, 6) is 0.958. The normalized spacial score (nSPS) is 11.4. The largest absolute Gasteiger partial charge is 0.476 e. The van der Waals surface area contributed by atoms with Gasteiger partial charge in [0.25, 0.3) is 0 Å². The molecule has 0 aromatic carbocycles. The fourth-order valence-corrected chi connectivity index (χ4v) is 4.12. The summed E-state index contributed by atoms with van der Waals surface area (Å²) in [6.07, 6.45) is -1.78. The van der Waals surface area contributed by atoms with Crippen LogP contribution in [0.3, 0.4) is 0 Å². The standard InChI is InChI=1S/C22H19ClF3N7O3S/c1-3-27-21(34)31-17-7-14(20-30-16(10-37-20)22(24,25)26)15(9-28-17)13-6-12(18-33-32-11(2)36-18)8-29-19(13)35-5-4-23/h6-10H,3-5H2,1-2H3,(H2,27,28,31,34). The molecule has 0 fully saturated rings. The number of amides is 2. The lowest BCUT2D eigenvalue weighted by atomic mass is 10.0. The van der Waals surface area contributed by atoms with Crippen LogP contribution in [0.5, 0.6) is 5.88 Å². The van der Waals surface area contributed by atoms with Crippen molar-refractivity contribution >= 4 is 34.8 Å². The number of hydrogen-bond donors (Lipinski definition) is 2. The Balaban J connectivity index is 1.89. The maximum Gasteiger partial charge on any atom is 0.434 e. The van der Waals surface area contributed by atoms with E-state index in [0.29, 0.717) is 29.1 Å². The topological polar surface area (TPSA) is 128 Å². The number of thiazole rings is 1. The van der Waals surface area contributed by atoms with Gasteiger partial charge in [-0.05, 0) is 19.1 Å². The van der Waals surface area contributed by atoms with Crippen molar-refractivity contribution in [3.63, 3.8) is 0 Å². The zero-order chi connectivity index (χ0) is 26.6. The fraction of sp³-hybridized carbons (Fsp3) is 0.273. The third kappa shape index (κ3) is 6.14. The Bertz CT molecular complexity index is 1410. The predicted octanol–water partition coefficient (Wildman–Crippen LogP) is 5.40. The number of pyridine rings is 2. The summed E-state index contributed by atoms with van der Waals surface area (Å²) < 4.78 is 51.2. The van der Waals surface area contributed by atoms with Gasteiger partial charge in [-0.15, -0.1) is 33.1 Å². The summed E-state index contributed by atoms with van der Waals surface area (Å²) in [6, 6.07) is 2.54. The molecule has 4 rings (SSSR count). The third-order valence-electron chi connectivity index (χ3n) is 4.74. The van der Waals surface area contributed by atoms with Gasteiger partial charge in [0.1, 0.15) is 17.4 Å². The number of aromatic nitrogens is 5. The second kappa shape index (κ2) is 11.1. The average molecular weight is 554 g/mol. The van der Waals surface area contributed by atoms with Crippen molar-refractivity contribution in [2.45, 2.75) is 20.0 Å². The maximum atomic E-state index is 13.3. The molecule has 37 heavy (non-hydrogen) atoms. The number of nitrogens with zero attached hydrogens (tertiary/aromatic N) is 5. The van der Waals surface area contributed by atoms with Crippen LogP contribution in [0.2, 0.25) is 0 Å². The average Bonchev–Trinajstić information content (AvgIpc) is 3.52. The third-order valence-corrected chi connectivity index (χ3v) is 5.77. The van der Waals surface area contributed by atoms with Crippen molar-refractivity contribution in [1.29, 1.82) is 0 Å². The molecule has 0 saturated heterocycles. The van der Waals surface area contributed by atoms with Crippen LogP contribution in [0.25, 0.3) is 33.2 Å². The van der Waals surface area contributed by atoms with E-state index in [-0.39, 0.29) is 40.6 Å². The number of urea groups is 1. The van der Waals surface area contributed by atoms with Crippen LogP contribution >= 0.6 is 22.9 Å². The SMILES string of the molecule is CCNC(=O)Nc1cc(-c2nc(C(F)(F)F)cs2)c(-c2cc(-c3nnc(C)o3)cnc2OCCCl)cn1. The van der Waals surface area contributed by atoms with Gasteiger partial charge in [-0.25, -0.2) is 19.7 Å². The lowest BCUT2D eigenvalue weighted by molar-refractivity contribution is -0.140. The Morgan fingerprint density at radius 2 is 1.97 bits per heavy atom. The Hall–Kier alpha value is -3.78. The molecule has 0 spiro atoms. The summed E-state index contributed by atoms with van der Waals surface area (Å²) in [5, 5.41) is 13.9. The van der Waals surface area contributed by atoms with E-state index in [2.05, 4.69) is 35.8 Å². The van der Waals surface area contributed by atoms with Crippen LogP contribution in [0, 0.1) is 6.92 Å². The molecule has 0 radical (unpaired) electrons. The summed E-state index contributed by atoms with van der Waals surface area (Å²) in [5.41, 5.74) is 0.382. The second-order valence-electron chi connectivity index (χ2n) is 7.38. The molecule has 0 unspecified atom stereocenters. The number of carbonyl (C=O) groups is 1. The lowest BCUT2D eigenvalue weighted by Crippen LogP contribution is -2.28. The lowest BCUT2D eigenvalue weighted by Gasteiger charge is -2.14. The van der Waals surface area contributed by atoms with E-state index >= 15 is 0 Å². The van der Waals surface area contributed by atoms with Gasteiger partial charge >= 0.3 is 12.2 Å². The molecule has 2 amide bonds. The zero-order valence-electron chi connectivity index (χ0n) is 19.4. The highest BCUT2D eigenvalue weighted by Crippen LogP contribution is 2.41. The number of hydrogen-bond acceptors (Lipinski definition) is 9. The first-order chi connectivity index (χ1) is 17.7. The van der Waals surface area contributed by atoms with Crippen molar-refractivity contribution in [1.82, 2.24) is 30.5 Å². The van der Waals surface area contributed by atoms with Crippen molar-refractivity contribution in [2.75, 3.05) is 24.3 Å². The molecule has 194 valence electrons. The molecule has 0 atom stereocenters. The van der Waals surface area contributed by atoms with Crippen LogP contribution in [-0.4, -0.2) is 50.2 Å². The van der Waals surface area contributed by atoms with E-state index in [0.717, 1.165) is 16.7 Å². The molecule has 4 heterocycles. The van der Waals surface area contributed by atoms with E-state index in [4.69, 9.17) is 20.8 Å². The van der Waals surface area contributed by atoms with Gasteiger partial charge in [0.2, 0.25) is 17.7 Å². The van der Waals surface area contributed by atoms with E-state index in [9.17, 15) is 18.0 Å². The van der Waals surface area contributed by atoms with Gasteiger partial charge in [-0.1, -0.05) is 0 Å². The smallest absolute Gasteiger partial charge is 0.434 e. The van der Waals surface area contributed by atoms with E-state index < -0.39 is 17.9 Å². The number of nitrogens with one attached hydrogen (secondary N) is 2. The van der Waals surface area contributed by atoms with Crippen LogP contribution in [0.15, 0.2) is 34.3 Å². The number of halogens is 4.